The second-order valence-electron chi connectivity index (χ2n) is 3.81. The van der Waals surface area contributed by atoms with Crippen molar-refractivity contribution in [2.75, 3.05) is 0 Å². The Labute approximate surface area is 111 Å². The molecule has 5 nitrogen and oxygen atoms in total. The highest BCUT2D eigenvalue weighted by Crippen LogP contribution is 2.22. The number of hydrogen-bond acceptors (Lipinski definition) is 4. The van der Waals surface area contributed by atoms with Crippen LogP contribution in [0.15, 0.2) is 41.1 Å². The van der Waals surface area contributed by atoms with Crippen LogP contribution in [0.3, 0.4) is 0 Å². The fraction of sp³-hybridized carbons (Fsp3) is 0.0833. The van der Waals surface area contributed by atoms with Crippen molar-refractivity contribution in [3.63, 3.8) is 0 Å². The lowest BCUT2D eigenvalue weighted by molar-refractivity contribution is 0.276. The van der Waals surface area contributed by atoms with Crippen molar-refractivity contribution in [2.45, 2.75) is 6.61 Å². The first-order chi connectivity index (χ1) is 8.78. The van der Waals surface area contributed by atoms with Crippen molar-refractivity contribution in [2.24, 2.45) is 0 Å². The lowest BCUT2D eigenvalue weighted by Crippen LogP contribution is -1.97. The van der Waals surface area contributed by atoms with Gasteiger partial charge in [0, 0.05) is 16.1 Å². The summed E-state index contributed by atoms with van der Waals surface area (Å²) in [6.07, 6.45) is 3.44. The molecule has 0 radical (unpaired) electrons. The van der Waals surface area contributed by atoms with Crippen LogP contribution in [0.2, 0.25) is 0 Å². The molecule has 18 heavy (non-hydrogen) atoms. The number of fused-ring (bicyclic) bond motifs is 1. The third-order valence-electron chi connectivity index (χ3n) is 2.61. The van der Waals surface area contributed by atoms with E-state index in [-0.39, 0.29) is 6.61 Å². The van der Waals surface area contributed by atoms with Gasteiger partial charge in [0.25, 0.3) is 0 Å². The van der Waals surface area contributed by atoms with E-state index in [0.29, 0.717) is 5.69 Å². The van der Waals surface area contributed by atoms with Gasteiger partial charge in [-0.1, -0.05) is 17.3 Å². The predicted octanol–water partition coefficient (Wildman–Crippen LogP) is 2.07. The van der Waals surface area contributed by atoms with Gasteiger partial charge in [-0.2, -0.15) is 0 Å². The summed E-state index contributed by atoms with van der Waals surface area (Å²) < 4.78 is 2.55. The van der Waals surface area contributed by atoms with Crippen LogP contribution >= 0.6 is 15.9 Å². The molecule has 2 aromatic heterocycles. The zero-order valence-corrected chi connectivity index (χ0v) is 10.9. The normalized spacial score (nSPS) is 11.0. The smallest absolute Gasteiger partial charge is 0.109 e. The number of aliphatic hydroxyl groups is 1. The number of halogens is 1. The standard InChI is InChI=1S/C12H9BrN4O/c13-9-4-8-2-1-3-11(12(8)14-5-9)17-6-10(7-18)15-16-17/h1-6,18H,7H2. The van der Waals surface area contributed by atoms with Gasteiger partial charge in [-0.3, -0.25) is 4.98 Å². The van der Waals surface area contributed by atoms with Crippen LogP contribution in [0.4, 0.5) is 0 Å². The van der Waals surface area contributed by atoms with Crippen molar-refractivity contribution in [3.8, 4) is 5.69 Å². The van der Waals surface area contributed by atoms with Crippen LogP contribution in [0.25, 0.3) is 16.6 Å². The Morgan fingerprint density at radius 1 is 1.33 bits per heavy atom. The van der Waals surface area contributed by atoms with Crippen LogP contribution in [0, 0.1) is 0 Å². The largest absolute Gasteiger partial charge is 0.390 e. The Balaban J connectivity index is 2.22. The zero-order chi connectivity index (χ0) is 12.5. The lowest BCUT2D eigenvalue weighted by Gasteiger charge is -2.04. The number of benzene rings is 1. The third kappa shape index (κ3) is 1.89. The van der Waals surface area contributed by atoms with Crippen LogP contribution < -0.4 is 0 Å². The average Bonchev–Trinajstić information content (AvgIpc) is 2.86. The average molecular weight is 305 g/mol. The van der Waals surface area contributed by atoms with Crippen LogP contribution in [0.5, 0.6) is 0 Å². The van der Waals surface area contributed by atoms with E-state index in [1.54, 1.807) is 17.1 Å². The van der Waals surface area contributed by atoms with E-state index in [4.69, 9.17) is 5.11 Å². The molecule has 0 amide bonds. The molecule has 0 aliphatic carbocycles. The van der Waals surface area contributed by atoms with E-state index in [2.05, 4.69) is 31.2 Å². The van der Waals surface area contributed by atoms with E-state index in [0.717, 1.165) is 21.1 Å². The molecule has 0 bridgehead atoms. The van der Waals surface area contributed by atoms with Crippen LogP contribution in [-0.2, 0) is 6.61 Å². The summed E-state index contributed by atoms with van der Waals surface area (Å²) in [6, 6.07) is 7.83. The summed E-state index contributed by atoms with van der Waals surface area (Å²) in [5.74, 6) is 0. The first kappa shape index (κ1) is 11.3. The molecule has 3 aromatic rings. The second-order valence-corrected chi connectivity index (χ2v) is 4.73. The van der Waals surface area contributed by atoms with E-state index in [1.807, 2.05) is 24.3 Å². The van der Waals surface area contributed by atoms with Gasteiger partial charge in [-0.25, -0.2) is 4.68 Å². The summed E-state index contributed by atoms with van der Waals surface area (Å²) >= 11 is 3.40. The Kier molecular flexibility index (Phi) is 2.81. The van der Waals surface area contributed by atoms with Crippen molar-refractivity contribution in [1.29, 1.82) is 0 Å². The van der Waals surface area contributed by atoms with E-state index >= 15 is 0 Å². The number of aliphatic hydroxyl groups excluding tert-OH is 1. The van der Waals surface area contributed by atoms with E-state index in [9.17, 15) is 0 Å². The maximum Gasteiger partial charge on any atom is 0.109 e. The number of para-hydroxylation sites is 1. The van der Waals surface area contributed by atoms with Gasteiger partial charge >= 0.3 is 0 Å². The Bertz CT molecular complexity index is 710. The molecular weight excluding hydrogens is 296 g/mol. The molecule has 3 rings (SSSR count). The highest BCUT2D eigenvalue weighted by Gasteiger charge is 2.07. The van der Waals surface area contributed by atoms with Crippen molar-refractivity contribution < 1.29 is 5.11 Å². The quantitative estimate of drug-likeness (QED) is 0.787. The van der Waals surface area contributed by atoms with Gasteiger partial charge in [0.1, 0.15) is 5.69 Å². The molecule has 0 aliphatic heterocycles. The van der Waals surface area contributed by atoms with E-state index in [1.165, 1.54) is 0 Å². The van der Waals surface area contributed by atoms with Gasteiger partial charge < -0.3 is 5.11 Å². The Morgan fingerprint density at radius 2 is 2.22 bits per heavy atom. The van der Waals surface area contributed by atoms with Gasteiger partial charge in [0.2, 0.25) is 0 Å². The number of aromatic nitrogens is 4. The SMILES string of the molecule is OCc1cn(-c2cccc3cc(Br)cnc23)nn1. The third-order valence-corrected chi connectivity index (χ3v) is 3.04. The lowest BCUT2D eigenvalue weighted by atomic mass is 10.2. The fourth-order valence-corrected chi connectivity index (χ4v) is 2.14. The molecule has 2 heterocycles. The first-order valence-corrected chi connectivity index (χ1v) is 6.14. The summed E-state index contributed by atoms with van der Waals surface area (Å²) in [5, 5.41) is 17.9. The summed E-state index contributed by atoms with van der Waals surface area (Å²) in [7, 11) is 0. The molecule has 0 aliphatic rings. The molecular formula is C12H9BrN4O. The molecule has 90 valence electrons. The summed E-state index contributed by atoms with van der Waals surface area (Å²) in [4.78, 5) is 4.39. The molecule has 0 saturated heterocycles. The van der Waals surface area contributed by atoms with Gasteiger partial charge in [0.05, 0.1) is 24.0 Å². The highest BCUT2D eigenvalue weighted by atomic mass is 79.9. The molecule has 0 fully saturated rings. The van der Waals surface area contributed by atoms with Crippen molar-refractivity contribution in [3.05, 3.63) is 46.8 Å². The monoisotopic (exact) mass is 304 g/mol. The zero-order valence-electron chi connectivity index (χ0n) is 9.29. The topological polar surface area (TPSA) is 63.8 Å². The molecule has 1 aromatic carbocycles. The second kappa shape index (κ2) is 4.47. The van der Waals surface area contributed by atoms with Crippen molar-refractivity contribution in [1.82, 2.24) is 20.0 Å². The van der Waals surface area contributed by atoms with Crippen LogP contribution in [0.1, 0.15) is 5.69 Å². The predicted molar refractivity (Wildman–Crippen MR) is 70.3 cm³/mol. The summed E-state index contributed by atoms with van der Waals surface area (Å²) in [5.41, 5.74) is 2.21. The van der Waals surface area contributed by atoms with Crippen LogP contribution in [-0.4, -0.2) is 25.1 Å². The maximum atomic E-state index is 9.01. The van der Waals surface area contributed by atoms with Gasteiger partial charge in [-0.05, 0) is 28.1 Å². The maximum absolute atomic E-state index is 9.01. The van der Waals surface area contributed by atoms with Gasteiger partial charge in [0.15, 0.2) is 0 Å². The minimum atomic E-state index is -0.121. The number of rotatable bonds is 2. The Hall–Kier alpha value is -1.79. The minimum Gasteiger partial charge on any atom is -0.390 e. The number of pyridine rings is 1. The minimum absolute atomic E-state index is 0.121. The Morgan fingerprint density at radius 3 is 3.00 bits per heavy atom. The summed E-state index contributed by atoms with van der Waals surface area (Å²) in [6.45, 7) is -0.121. The number of nitrogens with zero attached hydrogens (tertiary/aromatic N) is 4. The van der Waals surface area contributed by atoms with E-state index < -0.39 is 0 Å². The first-order valence-electron chi connectivity index (χ1n) is 5.34. The molecule has 0 saturated carbocycles. The molecule has 0 spiro atoms. The van der Waals surface area contributed by atoms with Gasteiger partial charge in [-0.15, -0.1) is 5.10 Å². The molecule has 1 N–H and O–H groups in total. The fourth-order valence-electron chi connectivity index (χ4n) is 1.79. The highest BCUT2D eigenvalue weighted by molar-refractivity contribution is 9.10. The number of hydrogen-bond donors (Lipinski definition) is 1. The van der Waals surface area contributed by atoms with Crippen molar-refractivity contribution >= 4 is 26.8 Å². The molecule has 0 unspecified atom stereocenters. The molecule has 6 heteroatoms. The molecule has 0 atom stereocenters.